The van der Waals surface area contributed by atoms with Crippen LogP contribution in [0.3, 0.4) is 0 Å². The molecule has 1 aliphatic heterocycles. The SMILES string of the molecule is CCOc1cccc(CNCC2CCCO2)c1.Cl. The van der Waals surface area contributed by atoms with Crippen LogP contribution in [0.5, 0.6) is 5.75 Å². The lowest BCUT2D eigenvalue weighted by Crippen LogP contribution is -2.25. The number of nitrogens with one attached hydrogen (secondary N) is 1. The molecule has 0 aromatic heterocycles. The average Bonchev–Trinajstić information content (AvgIpc) is 2.83. The van der Waals surface area contributed by atoms with Gasteiger partial charge in [0.1, 0.15) is 5.75 Å². The van der Waals surface area contributed by atoms with Crippen molar-refractivity contribution < 1.29 is 9.47 Å². The summed E-state index contributed by atoms with van der Waals surface area (Å²) in [5.74, 6) is 0.948. The molecule has 1 fully saturated rings. The predicted molar refractivity (Wildman–Crippen MR) is 75.5 cm³/mol. The highest BCUT2D eigenvalue weighted by Gasteiger charge is 2.14. The van der Waals surface area contributed by atoms with Gasteiger partial charge in [-0.05, 0) is 37.5 Å². The third kappa shape index (κ3) is 4.84. The normalized spacial score (nSPS) is 18.4. The highest BCUT2D eigenvalue weighted by Crippen LogP contribution is 2.14. The number of hydrogen-bond acceptors (Lipinski definition) is 3. The number of hydrogen-bond donors (Lipinski definition) is 1. The van der Waals surface area contributed by atoms with Crippen LogP contribution >= 0.6 is 12.4 Å². The van der Waals surface area contributed by atoms with Crippen LogP contribution in [0.15, 0.2) is 24.3 Å². The maximum absolute atomic E-state index is 5.57. The second-order valence-corrected chi connectivity index (χ2v) is 4.35. The third-order valence-corrected chi connectivity index (χ3v) is 2.93. The molecule has 0 saturated carbocycles. The maximum Gasteiger partial charge on any atom is 0.119 e. The molecule has 0 spiro atoms. The van der Waals surface area contributed by atoms with Gasteiger partial charge in [-0.2, -0.15) is 0 Å². The van der Waals surface area contributed by atoms with Crippen molar-refractivity contribution in [2.75, 3.05) is 19.8 Å². The largest absolute Gasteiger partial charge is 0.494 e. The molecule has 1 unspecified atom stereocenters. The lowest BCUT2D eigenvalue weighted by Gasteiger charge is -2.11. The fraction of sp³-hybridized carbons (Fsp3) is 0.571. The Morgan fingerprint density at radius 1 is 1.44 bits per heavy atom. The Balaban J connectivity index is 0.00000162. The zero-order valence-corrected chi connectivity index (χ0v) is 11.7. The molecule has 0 bridgehead atoms. The van der Waals surface area contributed by atoms with Crippen LogP contribution < -0.4 is 10.1 Å². The molecule has 1 saturated heterocycles. The van der Waals surface area contributed by atoms with Gasteiger partial charge in [0.2, 0.25) is 0 Å². The van der Waals surface area contributed by atoms with E-state index in [1.54, 1.807) is 0 Å². The van der Waals surface area contributed by atoms with Crippen molar-refractivity contribution in [2.45, 2.75) is 32.4 Å². The molecule has 102 valence electrons. The highest BCUT2D eigenvalue weighted by molar-refractivity contribution is 5.85. The smallest absolute Gasteiger partial charge is 0.119 e. The van der Waals surface area contributed by atoms with Gasteiger partial charge in [0.05, 0.1) is 12.7 Å². The molecule has 2 rings (SSSR count). The molecule has 0 aliphatic carbocycles. The molecule has 1 N–H and O–H groups in total. The van der Waals surface area contributed by atoms with E-state index in [1.165, 1.54) is 18.4 Å². The van der Waals surface area contributed by atoms with Gasteiger partial charge in [0.15, 0.2) is 0 Å². The lowest BCUT2D eigenvalue weighted by atomic mass is 10.2. The van der Waals surface area contributed by atoms with Crippen molar-refractivity contribution in [1.29, 1.82) is 0 Å². The standard InChI is InChI=1S/C14H21NO2.ClH/c1-2-16-13-6-3-5-12(9-13)10-15-11-14-7-4-8-17-14;/h3,5-6,9,14-15H,2,4,7-8,10-11H2,1H3;1H. The van der Waals surface area contributed by atoms with Crippen LogP contribution in [0.4, 0.5) is 0 Å². The molecule has 1 aromatic carbocycles. The number of rotatable bonds is 6. The summed E-state index contributed by atoms with van der Waals surface area (Å²) in [6.45, 7) is 5.46. The molecule has 3 nitrogen and oxygen atoms in total. The van der Waals surface area contributed by atoms with Gasteiger partial charge >= 0.3 is 0 Å². The van der Waals surface area contributed by atoms with E-state index in [0.717, 1.165) is 25.4 Å². The van der Waals surface area contributed by atoms with Crippen molar-refractivity contribution in [3.63, 3.8) is 0 Å². The number of halogens is 1. The summed E-state index contributed by atoms with van der Waals surface area (Å²) in [6, 6.07) is 8.23. The minimum Gasteiger partial charge on any atom is -0.494 e. The van der Waals surface area contributed by atoms with Crippen LogP contribution in [-0.4, -0.2) is 25.9 Å². The van der Waals surface area contributed by atoms with Gasteiger partial charge < -0.3 is 14.8 Å². The minimum atomic E-state index is 0. The van der Waals surface area contributed by atoms with Crippen LogP contribution in [-0.2, 0) is 11.3 Å². The highest BCUT2D eigenvalue weighted by atomic mass is 35.5. The van der Waals surface area contributed by atoms with E-state index < -0.39 is 0 Å². The van der Waals surface area contributed by atoms with Crippen LogP contribution in [0.2, 0.25) is 0 Å². The van der Waals surface area contributed by atoms with Crippen molar-refractivity contribution in [3.8, 4) is 5.75 Å². The van der Waals surface area contributed by atoms with Crippen LogP contribution in [0, 0.1) is 0 Å². The summed E-state index contributed by atoms with van der Waals surface area (Å²) in [6.07, 6.45) is 2.79. The van der Waals surface area contributed by atoms with E-state index in [4.69, 9.17) is 9.47 Å². The Morgan fingerprint density at radius 3 is 3.06 bits per heavy atom. The van der Waals surface area contributed by atoms with E-state index in [1.807, 2.05) is 19.1 Å². The van der Waals surface area contributed by atoms with Crippen molar-refractivity contribution >= 4 is 12.4 Å². The Kier molecular flexibility index (Phi) is 7.09. The summed E-state index contributed by atoms with van der Waals surface area (Å²) < 4.78 is 11.0. The summed E-state index contributed by atoms with van der Waals surface area (Å²) >= 11 is 0. The lowest BCUT2D eigenvalue weighted by molar-refractivity contribution is 0.110. The molecule has 1 heterocycles. The first-order chi connectivity index (χ1) is 8.38. The van der Waals surface area contributed by atoms with E-state index >= 15 is 0 Å². The van der Waals surface area contributed by atoms with Crippen molar-refractivity contribution in [1.82, 2.24) is 5.32 Å². The first kappa shape index (κ1) is 15.3. The molecule has 1 aliphatic rings. The average molecular weight is 272 g/mol. The van der Waals surface area contributed by atoms with Crippen LogP contribution in [0.25, 0.3) is 0 Å². The molecule has 0 radical (unpaired) electrons. The predicted octanol–water partition coefficient (Wildman–Crippen LogP) is 2.78. The molecule has 0 amide bonds. The summed E-state index contributed by atoms with van der Waals surface area (Å²) in [7, 11) is 0. The van der Waals surface area contributed by atoms with Crippen molar-refractivity contribution in [3.05, 3.63) is 29.8 Å². The fourth-order valence-electron chi connectivity index (χ4n) is 2.09. The quantitative estimate of drug-likeness (QED) is 0.863. The molecule has 1 atom stereocenters. The van der Waals surface area contributed by atoms with E-state index in [-0.39, 0.29) is 12.4 Å². The Labute approximate surface area is 115 Å². The Hall–Kier alpha value is -0.770. The summed E-state index contributed by atoms with van der Waals surface area (Å²) in [4.78, 5) is 0. The van der Waals surface area contributed by atoms with Gasteiger partial charge in [-0.25, -0.2) is 0 Å². The molecular formula is C14H22ClNO2. The van der Waals surface area contributed by atoms with Gasteiger partial charge in [0.25, 0.3) is 0 Å². The summed E-state index contributed by atoms with van der Waals surface area (Å²) in [5, 5.41) is 3.43. The molecule has 4 heteroatoms. The maximum atomic E-state index is 5.57. The van der Waals surface area contributed by atoms with Gasteiger partial charge in [0, 0.05) is 19.7 Å². The second kappa shape index (κ2) is 8.35. The van der Waals surface area contributed by atoms with Crippen molar-refractivity contribution in [2.24, 2.45) is 0 Å². The topological polar surface area (TPSA) is 30.5 Å². The second-order valence-electron chi connectivity index (χ2n) is 4.35. The monoisotopic (exact) mass is 271 g/mol. The zero-order chi connectivity index (χ0) is 11.9. The van der Waals surface area contributed by atoms with Crippen LogP contribution in [0.1, 0.15) is 25.3 Å². The minimum absolute atomic E-state index is 0. The molecule has 18 heavy (non-hydrogen) atoms. The van der Waals surface area contributed by atoms with E-state index in [9.17, 15) is 0 Å². The van der Waals surface area contributed by atoms with Gasteiger partial charge in [-0.1, -0.05) is 12.1 Å². The fourth-order valence-corrected chi connectivity index (χ4v) is 2.09. The van der Waals surface area contributed by atoms with Gasteiger partial charge in [-0.3, -0.25) is 0 Å². The Morgan fingerprint density at radius 2 is 2.33 bits per heavy atom. The van der Waals surface area contributed by atoms with E-state index in [0.29, 0.717) is 12.7 Å². The van der Waals surface area contributed by atoms with Gasteiger partial charge in [-0.15, -0.1) is 12.4 Å². The first-order valence-electron chi connectivity index (χ1n) is 6.42. The third-order valence-electron chi connectivity index (χ3n) is 2.93. The number of ether oxygens (including phenoxy) is 2. The molecule has 1 aromatic rings. The number of benzene rings is 1. The first-order valence-corrected chi connectivity index (χ1v) is 6.42. The summed E-state index contributed by atoms with van der Waals surface area (Å²) in [5.41, 5.74) is 1.26. The molecular weight excluding hydrogens is 250 g/mol. The Bertz CT molecular complexity index is 340. The van der Waals surface area contributed by atoms with E-state index in [2.05, 4.69) is 17.4 Å². The zero-order valence-electron chi connectivity index (χ0n) is 10.9.